The molecule has 1 aliphatic rings. The van der Waals surface area contributed by atoms with Crippen molar-refractivity contribution in [3.8, 4) is 11.5 Å². The van der Waals surface area contributed by atoms with Crippen LogP contribution >= 0.6 is 0 Å². The summed E-state index contributed by atoms with van der Waals surface area (Å²) in [6.45, 7) is 0. The van der Waals surface area contributed by atoms with Crippen molar-refractivity contribution < 1.29 is 23.2 Å². The molecule has 0 spiro atoms. The zero-order chi connectivity index (χ0) is 14.5. The van der Waals surface area contributed by atoms with Crippen LogP contribution in [0.2, 0.25) is 0 Å². The van der Waals surface area contributed by atoms with Crippen molar-refractivity contribution in [3.05, 3.63) is 46.4 Å². The van der Waals surface area contributed by atoms with Gasteiger partial charge in [-0.2, -0.15) is 8.42 Å². The Morgan fingerprint density at radius 2 is 1.50 bits per heavy atom. The highest BCUT2D eigenvalue weighted by Gasteiger charge is 2.26. The molecule has 3 rings (SSSR count). The minimum atomic E-state index is -4.28. The van der Waals surface area contributed by atoms with Crippen molar-refractivity contribution in [2.75, 3.05) is 0 Å². The molecule has 0 amide bonds. The number of rotatable bonds is 1. The summed E-state index contributed by atoms with van der Waals surface area (Å²) in [5.74, 6) is -0.0123. The summed E-state index contributed by atoms with van der Waals surface area (Å²) in [7, 11) is -4.28. The molecule has 0 unspecified atom stereocenters. The first-order valence-corrected chi connectivity index (χ1v) is 7.44. The lowest BCUT2D eigenvalue weighted by Gasteiger charge is -2.20. The van der Waals surface area contributed by atoms with E-state index in [1.165, 1.54) is 6.08 Å². The van der Waals surface area contributed by atoms with E-state index in [1.807, 2.05) is 0 Å². The Balaban J connectivity index is 2.29. The summed E-state index contributed by atoms with van der Waals surface area (Å²) in [5, 5.41) is 21.5. The van der Waals surface area contributed by atoms with Gasteiger partial charge in [0.2, 0.25) is 0 Å². The van der Waals surface area contributed by atoms with Crippen LogP contribution in [0.4, 0.5) is 0 Å². The van der Waals surface area contributed by atoms with Gasteiger partial charge in [-0.1, -0.05) is 30.3 Å². The third-order valence-corrected chi connectivity index (χ3v) is 4.56. The van der Waals surface area contributed by atoms with Crippen LogP contribution in [0, 0.1) is 0 Å². The fourth-order valence-corrected chi connectivity index (χ4v) is 3.20. The van der Waals surface area contributed by atoms with Crippen LogP contribution in [0.3, 0.4) is 0 Å². The molecule has 0 saturated heterocycles. The number of phenols is 2. The topological polar surface area (TPSA) is 94.8 Å². The molecule has 0 heterocycles. The van der Waals surface area contributed by atoms with Gasteiger partial charge in [0.1, 0.15) is 11.5 Å². The molecule has 2 aromatic rings. The lowest BCUT2D eigenvalue weighted by Crippen LogP contribution is -2.11. The van der Waals surface area contributed by atoms with Gasteiger partial charge in [0, 0.05) is 28.3 Å². The van der Waals surface area contributed by atoms with Crippen LogP contribution in [-0.4, -0.2) is 23.2 Å². The van der Waals surface area contributed by atoms with Gasteiger partial charge >= 0.3 is 0 Å². The summed E-state index contributed by atoms with van der Waals surface area (Å²) in [6, 6.07) is 6.80. The van der Waals surface area contributed by atoms with Gasteiger partial charge in [0.15, 0.2) is 0 Å². The van der Waals surface area contributed by atoms with Crippen molar-refractivity contribution in [1.29, 1.82) is 0 Å². The Hall–Kier alpha value is -2.05. The van der Waals surface area contributed by atoms with E-state index in [4.69, 9.17) is 4.55 Å². The fraction of sp³-hybridized carbons (Fsp3) is 0.143. The zero-order valence-electron chi connectivity index (χ0n) is 10.4. The highest BCUT2D eigenvalue weighted by atomic mass is 32.2. The second-order valence-corrected chi connectivity index (χ2v) is 6.20. The number of hydrogen-bond donors (Lipinski definition) is 3. The van der Waals surface area contributed by atoms with E-state index in [1.54, 1.807) is 24.3 Å². The molecule has 2 aromatic carbocycles. The van der Waals surface area contributed by atoms with E-state index in [0.29, 0.717) is 21.9 Å². The number of benzene rings is 2. The first kappa shape index (κ1) is 13.0. The van der Waals surface area contributed by atoms with Gasteiger partial charge < -0.3 is 10.2 Å². The summed E-state index contributed by atoms with van der Waals surface area (Å²) < 4.78 is 31.5. The molecule has 0 saturated carbocycles. The minimum absolute atomic E-state index is 0.0408. The molecular formula is C14H12O5S. The van der Waals surface area contributed by atoms with E-state index in [2.05, 4.69) is 0 Å². The second kappa shape index (κ2) is 4.22. The molecule has 5 nitrogen and oxygen atoms in total. The molecule has 0 atom stereocenters. The highest BCUT2D eigenvalue weighted by molar-refractivity contribution is 7.89. The third kappa shape index (κ3) is 1.85. The quantitative estimate of drug-likeness (QED) is 0.553. The number of aromatic hydroxyl groups is 2. The standard InChI is InChI=1S/C14H12O5S/c15-13-9-3-1-2-4-10(9)14(16)12-7-8(20(17,18)19)5-6-11(12)13/h1-5,15-16H,6-7H2,(H,17,18,19). The lowest BCUT2D eigenvalue weighted by atomic mass is 9.91. The van der Waals surface area contributed by atoms with Crippen molar-refractivity contribution in [3.63, 3.8) is 0 Å². The largest absolute Gasteiger partial charge is 0.507 e. The molecule has 3 N–H and O–H groups in total. The average molecular weight is 292 g/mol. The van der Waals surface area contributed by atoms with Crippen molar-refractivity contribution in [1.82, 2.24) is 0 Å². The molecule has 1 aliphatic carbocycles. The molecule has 0 radical (unpaired) electrons. The van der Waals surface area contributed by atoms with E-state index in [9.17, 15) is 18.6 Å². The van der Waals surface area contributed by atoms with Crippen LogP contribution in [0.25, 0.3) is 10.8 Å². The van der Waals surface area contributed by atoms with E-state index in [0.717, 1.165) is 0 Å². The minimum Gasteiger partial charge on any atom is -0.507 e. The Kier molecular flexibility index (Phi) is 2.74. The SMILES string of the molecule is O=S(=O)(O)C1=CCc2c(c(O)c3ccccc3c2O)C1. The van der Waals surface area contributed by atoms with Crippen LogP contribution < -0.4 is 0 Å². The predicted octanol–water partition coefficient (Wildman–Crippen LogP) is 2.12. The molecule has 6 heteroatoms. The number of fused-ring (bicyclic) bond motifs is 2. The molecule has 0 aliphatic heterocycles. The number of phenolic OH excluding ortho intramolecular Hbond substituents is 2. The van der Waals surface area contributed by atoms with Gasteiger partial charge in [-0.15, -0.1) is 0 Å². The molecule has 0 fully saturated rings. The maximum atomic E-state index is 11.2. The first-order valence-electron chi connectivity index (χ1n) is 6.00. The van der Waals surface area contributed by atoms with Gasteiger partial charge in [-0.05, 0) is 6.42 Å². The Bertz CT molecular complexity index is 849. The number of allylic oxidation sites excluding steroid dienone is 2. The van der Waals surface area contributed by atoms with Crippen molar-refractivity contribution in [2.24, 2.45) is 0 Å². The maximum Gasteiger partial charge on any atom is 0.290 e. The fourth-order valence-electron chi connectivity index (χ4n) is 2.58. The van der Waals surface area contributed by atoms with Crippen LogP contribution in [-0.2, 0) is 23.0 Å². The normalized spacial score (nSPS) is 14.9. The third-order valence-electron chi connectivity index (χ3n) is 3.59. The lowest BCUT2D eigenvalue weighted by molar-refractivity contribution is 0.457. The molecule has 0 aromatic heterocycles. The highest BCUT2D eigenvalue weighted by Crippen LogP contribution is 2.42. The Morgan fingerprint density at radius 1 is 0.950 bits per heavy atom. The number of hydrogen-bond acceptors (Lipinski definition) is 4. The Morgan fingerprint density at radius 3 is 2.05 bits per heavy atom. The molecule has 20 heavy (non-hydrogen) atoms. The van der Waals surface area contributed by atoms with Gasteiger partial charge in [-0.3, -0.25) is 4.55 Å². The molecule has 104 valence electrons. The molecule has 0 bridgehead atoms. The van der Waals surface area contributed by atoms with Crippen LogP contribution in [0.15, 0.2) is 35.2 Å². The average Bonchev–Trinajstić information content (AvgIpc) is 2.43. The molecular weight excluding hydrogens is 280 g/mol. The van der Waals surface area contributed by atoms with Crippen LogP contribution in [0.1, 0.15) is 11.1 Å². The second-order valence-electron chi connectivity index (χ2n) is 4.73. The van der Waals surface area contributed by atoms with E-state index < -0.39 is 10.1 Å². The first-order chi connectivity index (χ1) is 9.39. The monoisotopic (exact) mass is 292 g/mol. The van der Waals surface area contributed by atoms with Gasteiger partial charge in [0.25, 0.3) is 10.1 Å². The van der Waals surface area contributed by atoms with Gasteiger partial charge in [-0.25, -0.2) is 0 Å². The van der Waals surface area contributed by atoms with Crippen molar-refractivity contribution in [2.45, 2.75) is 12.8 Å². The van der Waals surface area contributed by atoms with Crippen LogP contribution in [0.5, 0.6) is 11.5 Å². The summed E-state index contributed by atoms with van der Waals surface area (Å²) in [4.78, 5) is -0.157. The Labute approximate surface area is 115 Å². The predicted molar refractivity (Wildman–Crippen MR) is 74.3 cm³/mol. The van der Waals surface area contributed by atoms with E-state index >= 15 is 0 Å². The maximum absolute atomic E-state index is 11.2. The zero-order valence-corrected chi connectivity index (χ0v) is 11.2. The smallest absolute Gasteiger partial charge is 0.290 e. The summed E-state index contributed by atoms with van der Waals surface area (Å²) >= 11 is 0. The van der Waals surface area contributed by atoms with Crippen molar-refractivity contribution >= 4 is 20.9 Å². The summed E-state index contributed by atoms with van der Waals surface area (Å²) in [5.41, 5.74) is 0.838. The van der Waals surface area contributed by atoms with E-state index in [-0.39, 0.29) is 29.2 Å². The summed E-state index contributed by atoms with van der Waals surface area (Å²) in [6.07, 6.45) is 1.37. The van der Waals surface area contributed by atoms with Gasteiger partial charge in [0.05, 0.1) is 4.91 Å².